The second-order valence-electron chi connectivity index (χ2n) is 4.70. The maximum Gasteiger partial charge on any atom is 0.140 e. The molecule has 5 heteroatoms. The average molecular weight is 254 g/mol. The number of aromatic nitrogens is 3. The lowest BCUT2D eigenvalue weighted by atomic mass is 10.3. The van der Waals surface area contributed by atoms with E-state index in [1.54, 1.807) is 6.33 Å². The van der Waals surface area contributed by atoms with E-state index in [2.05, 4.69) is 36.2 Å². The van der Waals surface area contributed by atoms with Gasteiger partial charge in [-0.3, -0.25) is 0 Å². The molecule has 0 aliphatic heterocycles. The van der Waals surface area contributed by atoms with Crippen molar-refractivity contribution in [3.63, 3.8) is 0 Å². The van der Waals surface area contributed by atoms with E-state index in [0.29, 0.717) is 6.10 Å². The molecule has 1 rings (SSSR count). The molecule has 1 N–H and O–H groups in total. The van der Waals surface area contributed by atoms with Crippen molar-refractivity contribution in [2.24, 2.45) is 0 Å². The van der Waals surface area contributed by atoms with E-state index in [-0.39, 0.29) is 0 Å². The van der Waals surface area contributed by atoms with Gasteiger partial charge >= 0.3 is 0 Å². The zero-order valence-corrected chi connectivity index (χ0v) is 11.9. The number of ether oxygens (including phenoxy) is 1. The molecule has 1 aromatic rings. The van der Waals surface area contributed by atoms with E-state index in [9.17, 15) is 0 Å². The third kappa shape index (κ3) is 6.12. The molecular formula is C13H26N4O. The van der Waals surface area contributed by atoms with E-state index in [4.69, 9.17) is 4.74 Å². The van der Waals surface area contributed by atoms with Crippen molar-refractivity contribution in [2.75, 3.05) is 13.2 Å². The molecule has 0 spiro atoms. The van der Waals surface area contributed by atoms with Crippen LogP contribution in [-0.4, -0.2) is 34.0 Å². The number of nitrogens with one attached hydrogen (secondary N) is 1. The van der Waals surface area contributed by atoms with Crippen molar-refractivity contribution in [3.8, 4) is 0 Å². The fourth-order valence-electron chi connectivity index (χ4n) is 1.69. The molecule has 5 nitrogen and oxygen atoms in total. The standard InChI is InChI=1S/C13H26N4O/c1-4-8-17-13(15-11-16-17)10-14-7-5-6-9-18-12(2)3/h11-12,14H,4-10H2,1-3H3. The van der Waals surface area contributed by atoms with Gasteiger partial charge in [0.05, 0.1) is 12.6 Å². The van der Waals surface area contributed by atoms with Gasteiger partial charge in [-0.25, -0.2) is 9.67 Å². The van der Waals surface area contributed by atoms with Gasteiger partial charge in [0.25, 0.3) is 0 Å². The lowest BCUT2D eigenvalue weighted by molar-refractivity contribution is 0.0760. The molecule has 1 heterocycles. The topological polar surface area (TPSA) is 52.0 Å². The number of rotatable bonds is 10. The number of unbranched alkanes of at least 4 members (excludes halogenated alkanes) is 1. The normalized spacial score (nSPS) is 11.3. The summed E-state index contributed by atoms with van der Waals surface area (Å²) in [7, 11) is 0. The minimum absolute atomic E-state index is 0.338. The van der Waals surface area contributed by atoms with Gasteiger partial charge in [-0.1, -0.05) is 6.92 Å². The van der Waals surface area contributed by atoms with Crippen molar-refractivity contribution in [1.82, 2.24) is 20.1 Å². The van der Waals surface area contributed by atoms with Crippen LogP contribution >= 0.6 is 0 Å². The molecule has 1 aromatic heterocycles. The quantitative estimate of drug-likeness (QED) is 0.649. The Bertz CT molecular complexity index is 312. The molecule has 0 saturated heterocycles. The highest BCUT2D eigenvalue weighted by atomic mass is 16.5. The maximum absolute atomic E-state index is 5.49. The average Bonchev–Trinajstić information content (AvgIpc) is 2.76. The fraction of sp³-hybridized carbons (Fsp3) is 0.846. The highest BCUT2D eigenvalue weighted by Crippen LogP contribution is 1.97. The number of hydrogen-bond donors (Lipinski definition) is 1. The molecule has 0 fully saturated rings. The summed E-state index contributed by atoms with van der Waals surface area (Å²) >= 11 is 0. The molecule has 104 valence electrons. The molecule has 0 bridgehead atoms. The smallest absolute Gasteiger partial charge is 0.140 e. The van der Waals surface area contributed by atoms with E-state index in [1.165, 1.54) is 0 Å². The Labute approximate surface area is 110 Å². The van der Waals surface area contributed by atoms with Gasteiger partial charge in [0, 0.05) is 13.2 Å². The Morgan fingerprint density at radius 2 is 2.22 bits per heavy atom. The van der Waals surface area contributed by atoms with Gasteiger partial charge < -0.3 is 10.1 Å². The Hall–Kier alpha value is -0.940. The van der Waals surface area contributed by atoms with Crippen molar-refractivity contribution in [3.05, 3.63) is 12.2 Å². The SMILES string of the molecule is CCCn1ncnc1CNCCCCOC(C)C. The van der Waals surface area contributed by atoms with Crippen LogP contribution in [0.4, 0.5) is 0 Å². The molecule has 0 aliphatic carbocycles. The Balaban J connectivity index is 2.05. The van der Waals surface area contributed by atoms with Crippen LogP contribution < -0.4 is 5.32 Å². The van der Waals surface area contributed by atoms with Crippen LogP contribution in [0.1, 0.15) is 45.9 Å². The zero-order valence-electron chi connectivity index (χ0n) is 11.9. The first kappa shape index (κ1) is 15.1. The Morgan fingerprint density at radius 1 is 1.39 bits per heavy atom. The molecule has 0 radical (unpaired) electrons. The van der Waals surface area contributed by atoms with Crippen LogP contribution in [0.15, 0.2) is 6.33 Å². The van der Waals surface area contributed by atoms with Crippen LogP contribution in [-0.2, 0) is 17.8 Å². The van der Waals surface area contributed by atoms with Gasteiger partial charge in [0.15, 0.2) is 0 Å². The van der Waals surface area contributed by atoms with Crippen LogP contribution in [0, 0.1) is 0 Å². The predicted molar refractivity (Wildman–Crippen MR) is 72.3 cm³/mol. The Kier molecular flexibility index (Phi) is 7.60. The first-order valence-corrected chi connectivity index (χ1v) is 6.93. The van der Waals surface area contributed by atoms with Gasteiger partial charge in [-0.2, -0.15) is 5.10 Å². The Morgan fingerprint density at radius 3 is 2.94 bits per heavy atom. The van der Waals surface area contributed by atoms with Gasteiger partial charge in [0.1, 0.15) is 12.2 Å². The largest absolute Gasteiger partial charge is 0.379 e. The van der Waals surface area contributed by atoms with E-state index in [0.717, 1.165) is 51.3 Å². The second kappa shape index (κ2) is 9.05. The summed E-state index contributed by atoms with van der Waals surface area (Å²) in [5, 5.41) is 7.60. The number of aryl methyl sites for hydroxylation is 1. The van der Waals surface area contributed by atoms with E-state index in [1.807, 2.05) is 4.68 Å². The van der Waals surface area contributed by atoms with Gasteiger partial charge in [-0.05, 0) is 39.7 Å². The molecule has 0 saturated carbocycles. The minimum Gasteiger partial charge on any atom is -0.379 e. The summed E-state index contributed by atoms with van der Waals surface area (Å²) in [6.07, 6.45) is 5.29. The summed E-state index contributed by atoms with van der Waals surface area (Å²) in [5.74, 6) is 1.02. The van der Waals surface area contributed by atoms with Crippen molar-refractivity contribution < 1.29 is 4.74 Å². The minimum atomic E-state index is 0.338. The van der Waals surface area contributed by atoms with Gasteiger partial charge in [0.2, 0.25) is 0 Å². The van der Waals surface area contributed by atoms with Crippen LogP contribution in [0.25, 0.3) is 0 Å². The molecule has 0 unspecified atom stereocenters. The van der Waals surface area contributed by atoms with Gasteiger partial charge in [-0.15, -0.1) is 0 Å². The first-order valence-electron chi connectivity index (χ1n) is 6.93. The molecule has 0 amide bonds. The molecule has 0 aliphatic rings. The monoisotopic (exact) mass is 254 g/mol. The summed E-state index contributed by atoms with van der Waals surface area (Å²) in [6.45, 7) is 9.88. The molecular weight excluding hydrogens is 228 g/mol. The second-order valence-corrected chi connectivity index (χ2v) is 4.70. The molecule has 0 atom stereocenters. The summed E-state index contributed by atoms with van der Waals surface area (Å²) in [6, 6.07) is 0. The number of hydrogen-bond acceptors (Lipinski definition) is 4. The highest BCUT2D eigenvalue weighted by molar-refractivity contribution is 4.83. The predicted octanol–water partition coefficient (Wildman–Crippen LogP) is 1.98. The fourth-order valence-corrected chi connectivity index (χ4v) is 1.69. The van der Waals surface area contributed by atoms with E-state index >= 15 is 0 Å². The van der Waals surface area contributed by atoms with E-state index < -0.39 is 0 Å². The highest BCUT2D eigenvalue weighted by Gasteiger charge is 2.02. The maximum atomic E-state index is 5.49. The van der Waals surface area contributed by atoms with Crippen molar-refractivity contribution in [2.45, 2.75) is 59.2 Å². The first-order chi connectivity index (χ1) is 8.74. The lowest BCUT2D eigenvalue weighted by Gasteiger charge is -2.08. The van der Waals surface area contributed by atoms with Crippen molar-refractivity contribution >= 4 is 0 Å². The van der Waals surface area contributed by atoms with Crippen LogP contribution in [0.2, 0.25) is 0 Å². The summed E-state index contributed by atoms with van der Waals surface area (Å²) in [5.41, 5.74) is 0. The van der Waals surface area contributed by atoms with Crippen molar-refractivity contribution in [1.29, 1.82) is 0 Å². The zero-order chi connectivity index (χ0) is 13.2. The number of nitrogens with zero attached hydrogens (tertiary/aromatic N) is 3. The third-order valence-electron chi connectivity index (χ3n) is 2.61. The summed E-state index contributed by atoms with van der Waals surface area (Å²) < 4.78 is 7.46. The summed E-state index contributed by atoms with van der Waals surface area (Å²) in [4.78, 5) is 4.26. The van der Waals surface area contributed by atoms with Crippen LogP contribution in [0.3, 0.4) is 0 Å². The molecule has 18 heavy (non-hydrogen) atoms. The third-order valence-corrected chi connectivity index (χ3v) is 2.61. The lowest BCUT2D eigenvalue weighted by Crippen LogP contribution is -2.19. The molecule has 0 aromatic carbocycles. The van der Waals surface area contributed by atoms with Crippen LogP contribution in [0.5, 0.6) is 0 Å².